The Morgan fingerprint density at radius 3 is 2.47 bits per heavy atom. The monoisotopic (exact) mass is 502 g/mol. The minimum atomic E-state index is -4.07. The van der Waals surface area contributed by atoms with Crippen LogP contribution in [-0.4, -0.2) is 60.2 Å². The summed E-state index contributed by atoms with van der Waals surface area (Å²) in [5, 5.41) is 10.2. The first-order valence-corrected chi connectivity index (χ1v) is 12.3. The van der Waals surface area contributed by atoms with E-state index >= 15 is 0 Å². The summed E-state index contributed by atoms with van der Waals surface area (Å²) in [7, 11) is -4.07. The molecule has 0 unspecified atom stereocenters. The molecule has 1 aliphatic heterocycles. The summed E-state index contributed by atoms with van der Waals surface area (Å²) in [6.45, 7) is 2.51. The van der Waals surface area contributed by atoms with E-state index in [1.54, 1.807) is 6.07 Å². The molecule has 1 amide bonds. The van der Waals surface area contributed by atoms with E-state index in [1.807, 2.05) is 4.72 Å². The Labute approximate surface area is 195 Å². The molecule has 1 saturated heterocycles. The van der Waals surface area contributed by atoms with E-state index in [2.05, 4.69) is 0 Å². The van der Waals surface area contributed by atoms with Crippen LogP contribution in [0.5, 0.6) is 0 Å². The minimum absolute atomic E-state index is 0.0359. The summed E-state index contributed by atoms with van der Waals surface area (Å²) in [6.07, 6.45) is -0.223. The minimum Gasteiger partial charge on any atom is -0.381 e. The zero-order chi connectivity index (χ0) is 25.5. The molecule has 6 nitrogen and oxygen atoms in total. The number of rotatable bonds is 7. The van der Waals surface area contributed by atoms with Crippen LogP contribution in [0.1, 0.15) is 26.3 Å². The van der Waals surface area contributed by atoms with Crippen LogP contribution in [-0.2, 0) is 21.2 Å². The topological polar surface area (TPSA) is 86.7 Å². The number of halogens is 4. The van der Waals surface area contributed by atoms with Crippen LogP contribution >= 0.6 is 0 Å². The van der Waals surface area contributed by atoms with Crippen LogP contribution in [0.15, 0.2) is 42.5 Å². The summed E-state index contributed by atoms with van der Waals surface area (Å²) in [4.78, 5) is 13.6. The molecule has 0 bridgehead atoms. The van der Waals surface area contributed by atoms with Gasteiger partial charge in [0.25, 0.3) is 11.8 Å². The van der Waals surface area contributed by atoms with Crippen molar-refractivity contribution in [1.82, 2.24) is 9.62 Å². The number of amides is 1. The van der Waals surface area contributed by atoms with Gasteiger partial charge in [-0.1, -0.05) is 36.4 Å². The zero-order valence-electron chi connectivity index (χ0n) is 18.9. The molecule has 1 heterocycles. The standard InChI is InChI=1S/C23H26F4N2O4S/c1-4-34(32,33)28-20-18(29(13-23(20,26)27)21(30)22(2,3)31)12-14-7-5-8-15(11-14)16-9-6-10-17(24)19(16)25/h5-11,18,20,28,31H,4,12-13H2,1-3H3/t18-,20+/m0/s1. The van der Waals surface area contributed by atoms with Gasteiger partial charge in [-0.2, -0.15) is 0 Å². The smallest absolute Gasteiger partial charge is 0.283 e. The third-order valence-corrected chi connectivity index (χ3v) is 7.10. The van der Waals surface area contributed by atoms with Crippen LogP contribution in [0.3, 0.4) is 0 Å². The maximum absolute atomic E-state index is 15.0. The Morgan fingerprint density at radius 1 is 1.21 bits per heavy atom. The molecule has 3 rings (SSSR count). The van der Waals surface area contributed by atoms with Crippen molar-refractivity contribution in [1.29, 1.82) is 0 Å². The molecule has 186 valence electrons. The van der Waals surface area contributed by atoms with E-state index in [4.69, 9.17) is 0 Å². The number of sulfonamides is 1. The predicted octanol–water partition coefficient (Wildman–Crippen LogP) is 3.10. The first kappa shape index (κ1) is 26.1. The number of aliphatic hydroxyl groups is 1. The van der Waals surface area contributed by atoms with E-state index in [1.165, 1.54) is 37.3 Å². The Bertz CT molecular complexity index is 1180. The predicted molar refractivity (Wildman–Crippen MR) is 119 cm³/mol. The van der Waals surface area contributed by atoms with Crippen LogP contribution in [0.25, 0.3) is 11.1 Å². The lowest BCUT2D eigenvalue weighted by atomic mass is 9.95. The second-order valence-corrected chi connectivity index (χ2v) is 10.9. The number of nitrogens with zero attached hydrogens (tertiary/aromatic N) is 1. The fourth-order valence-electron chi connectivity index (χ4n) is 3.98. The Morgan fingerprint density at radius 2 is 1.85 bits per heavy atom. The first-order chi connectivity index (χ1) is 15.7. The van der Waals surface area contributed by atoms with Gasteiger partial charge >= 0.3 is 0 Å². The van der Waals surface area contributed by atoms with Gasteiger partial charge in [-0.15, -0.1) is 0 Å². The Balaban J connectivity index is 2.03. The molecule has 2 N–H and O–H groups in total. The SMILES string of the molecule is CCS(=O)(=O)N[C@@H]1[C@H](Cc2cccc(-c3cccc(F)c3F)c2)N(C(=O)C(C)(C)O)CC1(F)F. The largest absolute Gasteiger partial charge is 0.381 e. The Hall–Kier alpha value is -2.50. The van der Waals surface area contributed by atoms with E-state index < -0.39 is 63.5 Å². The maximum Gasteiger partial charge on any atom is 0.283 e. The summed E-state index contributed by atoms with van der Waals surface area (Å²) in [5.41, 5.74) is -1.34. The van der Waals surface area contributed by atoms with Gasteiger partial charge in [-0.3, -0.25) is 4.79 Å². The highest BCUT2D eigenvalue weighted by Gasteiger charge is 2.58. The van der Waals surface area contributed by atoms with Gasteiger partial charge in [0, 0.05) is 5.56 Å². The molecular formula is C23H26F4N2O4S. The van der Waals surface area contributed by atoms with E-state index in [0.717, 1.165) is 24.8 Å². The van der Waals surface area contributed by atoms with E-state index in [-0.39, 0.29) is 17.5 Å². The van der Waals surface area contributed by atoms with E-state index in [9.17, 15) is 35.9 Å². The van der Waals surface area contributed by atoms with Gasteiger partial charge in [0.15, 0.2) is 11.6 Å². The fourth-order valence-corrected chi connectivity index (χ4v) is 4.86. The van der Waals surface area contributed by atoms with Gasteiger partial charge in [0.1, 0.15) is 11.6 Å². The zero-order valence-corrected chi connectivity index (χ0v) is 19.7. The van der Waals surface area contributed by atoms with Crippen LogP contribution < -0.4 is 4.72 Å². The van der Waals surface area contributed by atoms with Crippen LogP contribution in [0, 0.1) is 11.6 Å². The molecule has 1 fully saturated rings. The summed E-state index contributed by atoms with van der Waals surface area (Å²) >= 11 is 0. The van der Waals surface area contributed by atoms with Crippen LogP contribution in [0.2, 0.25) is 0 Å². The highest BCUT2D eigenvalue weighted by Crippen LogP contribution is 2.37. The highest BCUT2D eigenvalue weighted by molar-refractivity contribution is 7.89. The average molecular weight is 503 g/mol. The maximum atomic E-state index is 15.0. The number of alkyl halides is 2. The van der Waals surface area contributed by atoms with Gasteiger partial charge in [-0.25, -0.2) is 30.7 Å². The molecule has 0 aromatic heterocycles. The summed E-state index contributed by atoms with van der Waals surface area (Å²) < 4.78 is 84.2. The fraction of sp³-hybridized carbons (Fsp3) is 0.435. The molecule has 11 heteroatoms. The molecule has 0 aliphatic carbocycles. The molecule has 2 aromatic rings. The first-order valence-electron chi connectivity index (χ1n) is 10.6. The second kappa shape index (κ2) is 9.27. The number of nitrogens with one attached hydrogen (secondary N) is 1. The number of carbonyl (C=O) groups is 1. The molecule has 0 spiro atoms. The number of hydrogen-bond donors (Lipinski definition) is 2. The van der Waals surface area contributed by atoms with Crippen molar-refractivity contribution in [2.75, 3.05) is 12.3 Å². The molecule has 0 radical (unpaired) electrons. The Kier molecular flexibility index (Phi) is 7.12. The third kappa shape index (κ3) is 5.42. The third-order valence-electron chi connectivity index (χ3n) is 5.73. The summed E-state index contributed by atoms with van der Waals surface area (Å²) in [5.74, 6) is -7.16. The molecule has 0 saturated carbocycles. The molecular weight excluding hydrogens is 476 g/mol. The normalized spacial score (nSPS) is 20.5. The van der Waals surface area contributed by atoms with Crippen LogP contribution in [0.4, 0.5) is 17.6 Å². The molecule has 2 aromatic carbocycles. The van der Waals surface area contributed by atoms with Gasteiger partial charge in [0.2, 0.25) is 10.0 Å². The lowest BCUT2D eigenvalue weighted by molar-refractivity contribution is -0.149. The highest BCUT2D eigenvalue weighted by atomic mass is 32.2. The number of hydrogen-bond acceptors (Lipinski definition) is 4. The van der Waals surface area contributed by atoms with Gasteiger partial charge in [-0.05, 0) is 44.4 Å². The molecule has 1 aliphatic rings. The van der Waals surface area contributed by atoms with Gasteiger partial charge in [0.05, 0.1) is 18.3 Å². The quantitative estimate of drug-likeness (QED) is 0.570. The lowest BCUT2D eigenvalue weighted by Gasteiger charge is -2.31. The average Bonchev–Trinajstić information content (AvgIpc) is 2.98. The van der Waals surface area contributed by atoms with Crippen molar-refractivity contribution in [2.45, 2.75) is 50.8 Å². The summed E-state index contributed by atoms with van der Waals surface area (Å²) in [6, 6.07) is 6.43. The lowest BCUT2D eigenvalue weighted by Crippen LogP contribution is -2.54. The van der Waals surface area contributed by atoms with Crippen molar-refractivity contribution in [2.24, 2.45) is 0 Å². The van der Waals surface area contributed by atoms with E-state index in [0.29, 0.717) is 5.56 Å². The molecule has 2 atom stereocenters. The van der Waals surface area contributed by atoms with Crippen molar-refractivity contribution >= 4 is 15.9 Å². The van der Waals surface area contributed by atoms with Crippen molar-refractivity contribution < 1.29 is 35.9 Å². The van der Waals surface area contributed by atoms with Crippen molar-refractivity contribution in [3.63, 3.8) is 0 Å². The number of likely N-dealkylation sites (tertiary alicyclic amines) is 1. The van der Waals surface area contributed by atoms with Crippen molar-refractivity contribution in [3.8, 4) is 11.1 Å². The number of carbonyl (C=O) groups excluding carboxylic acids is 1. The molecule has 34 heavy (non-hydrogen) atoms. The number of benzene rings is 2. The van der Waals surface area contributed by atoms with Crippen molar-refractivity contribution in [3.05, 3.63) is 59.7 Å². The second-order valence-electron chi connectivity index (χ2n) is 8.83. The van der Waals surface area contributed by atoms with Gasteiger partial charge < -0.3 is 10.0 Å².